The standard InChI is InChI=1S/C23H17F4N5O/c1-14(6-8-15(2)24)7-10-17-4-3-5-20(28-17)23(26,27)22(33)13-32-21(29-30-31-32)18-12-16(25)9-11-19(18)22/h3-6,8,12,33H,1-2,9,11,13H2/b8-6-. The van der Waals surface area contributed by atoms with E-state index in [1.807, 2.05) is 0 Å². The number of alkyl halides is 2. The Labute approximate surface area is 186 Å². The molecule has 0 bridgehead atoms. The lowest BCUT2D eigenvalue weighted by Crippen LogP contribution is -2.53. The molecule has 10 heteroatoms. The van der Waals surface area contributed by atoms with Crippen LogP contribution in [0.25, 0.3) is 5.57 Å². The van der Waals surface area contributed by atoms with Gasteiger partial charge in [-0.1, -0.05) is 25.1 Å². The second-order valence-corrected chi connectivity index (χ2v) is 7.54. The molecule has 1 unspecified atom stereocenters. The summed E-state index contributed by atoms with van der Waals surface area (Å²) < 4.78 is 59.3. The Morgan fingerprint density at radius 3 is 2.79 bits per heavy atom. The van der Waals surface area contributed by atoms with Gasteiger partial charge in [-0.2, -0.15) is 8.78 Å². The summed E-state index contributed by atoms with van der Waals surface area (Å²) in [6.45, 7) is 6.06. The molecule has 0 saturated carbocycles. The van der Waals surface area contributed by atoms with Crippen molar-refractivity contribution in [3.8, 4) is 11.8 Å². The van der Waals surface area contributed by atoms with Gasteiger partial charge in [-0.05, 0) is 58.7 Å². The second-order valence-electron chi connectivity index (χ2n) is 7.54. The van der Waals surface area contributed by atoms with Gasteiger partial charge in [-0.25, -0.2) is 18.4 Å². The lowest BCUT2D eigenvalue weighted by Gasteiger charge is -2.41. The van der Waals surface area contributed by atoms with Crippen molar-refractivity contribution in [2.75, 3.05) is 0 Å². The molecule has 0 aromatic carbocycles. The maximum Gasteiger partial charge on any atom is 0.323 e. The SMILES string of the molecule is C=C(F)/C=C\C(=C)C#Cc1cccc(C(F)(F)C2(O)Cn3nnnc3C3=C2CCC(F)=C3)n1. The van der Waals surface area contributed by atoms with Gasteiger partial charge in [0.05, 0.1) is 6.54 Å². The molecule has 2 aromatic rings. The van der Waals surface area contributed by atoms with Crippen LogP contribution in [0.2, 0.25) is 0 Å². The third-order valence-corrected chi connectivity index (χ3v) is 5.30. The number of aliphatic hydroxyl groups is 1. The fourth-order valence-electron chi connectivity index (χ4n) is 3.70. The number of nitrogens with zero attached hydrogens (tertiary/aromatic N) is 5. The lowest BCUT2D eigenvalue weighted by molar-refractivity contribution is -0.180. The molecule has 0 amide bonds. The first-order valence-corrected chi connectivity index (χ1v) is 9.79. The van der Waals surface area contributed by atoms with Crippen LogP contribution in [0, 0.1) is 11.8 Å². The van der Waals surface area contributed by atoms with Crippen molar-refractivity contribution in [1.82, 2.24) is 25.2 Å². The summed E-state index contributed by atoms with van der Waals surface area (Å²) >= 11 is 0. The molecule has 0 fully saturated rings. The van der Waals surface area contributed by atoms with Gasteiger partial charge in [0, 0.05) is 17.6 Å². The van der Waals surface area contributed by atoms with Crippen LogP contribution in [0.3, 0.4) is 0 Å². The highest BCUT2D eigenvalue weighted by molar-refractivity contribution is 5.77. The van der Waals surface area contributed by atoms with Gasteiger partial charge in [0.2, 0.25) is 0 Å². The van der Waals surface area contributed by atoms with E-state index in [-0.39, 0.29) is 41.1 Å². The molecule has 1 aliphatic carbocycles. The zero-order valence-corrected chi connectivity index (χ0v) is 17.2. The summed E-state index contributed by atoms with van der Waals surface area (Å²) in [7, 11) is 0. The summed E-state index contributed by atoms with van der Waals surface area (Å²) in [5, 5.41) is 22.2. The zero-order chi connectivity index (χ0) is 23.8. The minimum Gasteiger partial charge on any atom is -0.377 e. The fourth-order valence-corrected chi connectivity index (χ4v) is 3.70. The summed E-state index contributed by atoms with van der Waals surface area (Å²) in [4.78, 5) is 3.91. The Bertz CT molecular complexity index is 1310. The number of aromatic nitrogens is 5. The summed E-state index contributed by atoms with van der Waals surface area (Å²) in [6.07, 6.45) is 3.17. The van der Waals surface area contributed by atoms with Crippen LogP contribution in [0.15, 0.2) is 72.4 Å². The lowest BCUT2D eigenvalue weighted by atomic mass is 9.76. The van der Waals surface area contributed by atoms with E-state index in [0.717, 1.165) is 22.9 Å². The van der Waals surface area contributed by atoms with Crippen molar-refractivity contribution in [1.29, 1.82) is 0 Å². The third kappa shape index (κ3) is 4.03. The van der Waals surface area contributed by atoms with Gasteiger partial charge < -0.3 is 5.11 Å². The van der Waals surface area contributed by atoms with Crippen LogP contribution < -0.4 is 0 Å². The van der Waals surface area contributed by atoms with Crippen LogP contribution >= 0.6 is 0 Å². The molecule has 2 aromatic heterocycles. The first kappa shape index (κ1) is 22.4. The van der Waals surface area contributed by atoms with Crippen LogP contribution in [0.4, 0.5) is 17.6 Å². The molecule has 33 heavy (non-hydrogen) atoms. The maximum absolute atomic E-state index is 15.8. The van der Waals surface area contributed by atoms with Crippen molar-refractivity contribution in [2.45, 2.75) is 30.9 Å². The molecular weight excluding hydrogens is 438 g/mol. The topological polar surface area (TPSA) is 76.7 Å². The van der Waals surface area contributed by atoms with Crippen LogP contribution in [0.5, 0.6) is 0 Å². The van der Waals surface area contributed by atoms with Crippen LogP contribution in [-0.2, 0) is 12.5 Å². The summed E-state index contributed by atoms with van der Waals surface area (Å²) in [6, 6.07) is 3.80. The Balaban J connectivity index is 1.73. The van der Waals surface area contributed by atoms with E-state index < -0.39 is 35.4 Å². The number of fused-ring (bicyclic) bond motifs is 2. The average Bonchev–Trinajstić information content (AvgIpc) is 3.24. The molecular formula is C23H17F4N5O. The maximum atomic E-state index is 15.8. The van der Waals surface area contributed by atoms with Gasteiger partial charge in [0.1, 0.15) is 23.0 Å². The molecule has 4 rings (SSSR count). The van der Waals surface area contributed by atoms with E-state index >= 15 is 8.78 Å². The van der Waals surface area contributed by atoms with Crippen molar-refractivity contribution >= 4 is 5.57 Å². The van der Waals surface area contributed by atoms with Crippen molar-refractivity contribution in [3.63, 3.8) is 0 Å². The molecule has 0 spiro atoms. The molecule has 168 valence electrons. The predicted octanol–water partition coefficient (Wildman–Crippen LogP) is 3.95. The predicted molar refractivity (Wildman–Crippen MR) is 112 cm³/mol. The molecule has 6 nitrogen and oxygen atoms in total. The van der Waals surface area contributed by atoms with Crippen LogP contribution in [0.1, 0.15) is 30.1 Å². The van der Waals surface area contributed by atoms with E-state index in [9.17, 15) is 13.9 Å². The highest BCUT2D eigenvalue weighted by atomic mass is 19.3. The van der Waals surface area contributed by atoms with Crippen molar-refractivity contribution in [3.05, 3.63) is 89.6 Å². The minimum atomic E-state index is -3.89. The number of hydrogen-bond acceptors (Lipinski definition) is 5. The van der Waals surface area contributed by atoms with E-state index in [4.69, 9.17) is 0 Å². The summed E-state index contributed by atoms with van der Waals surface area (Å²) in [5.41, 5.74) is -3.28. The Hall–Kier alpha value is -3.84. The first-order chi connectivity index (χ1) is 15.6. The molecule has 0 saturated heterocycles. The number of pyridine rings is 1. The number of allylic oxidation sites excluding steroid dienone is 7. The zero-order valence-electron chi connectivity index (χ0n) is 17.2. The molecule has 1 atom stereocenters. The number of tetrazole rings is 1. The monoisotopic (exact) mass is 455 g/mol. The smallest absolute Gasteiger partial charge is 0.323 e. The number of halogens is 4. The molecule has 1 N–H and O–H groups in total. The van der Waals surface area contributed by atoms with E-state index in [1.54, 1.807) is 0 Å². The summed E-state index contributed by atoms with van der Waals surface area (Å²) in [5.74, 6) is 0.181. The number of rotatable bonds is 4. The third-order valence-electron chi connectivity index (χ3n) is 5.30. The molecule has 2 aliphatic rings. The fraction of sp³-hybridized carbons (Fsp3) is 0.217. The minimum absolute atomic E-state index is 0.00731. The van der Waals surface area contributed by atoms with Gasteiger partial charge in [-0.15, -0.1) is 5.10 Å². The van der Waals surface area contributed by atoms with Gasteiger partial charge in [0.15, 0.2) is 11.4 Å². The molecule has 0 radical (unpaired) electrons. The molecule has 3 heterocycles. The van der Waals surface area contributed by atoms with Gasteiger partial charge in [-0.3, -0.25) is 0 Å². The van der Waals surface area contributed by atoms with E-state index in [2.05, 4.69) is 45.5 Å². The Morgan fingerprint density at radius 1 is 1.24 bits per heavy atom. The average molecular weight is 455 g/mol. The van der Waals surface area contributed by atoms with E-state index in [1.165, 1.54) is 18.2 Å². The van der Waals surface area contributed by atoms with Crippen molar-refractivity contribution in [2.24, 2.45) is 0 Å². The highest BCUT2D eigenvalue weighted by Gasteiger charge is 2.60. The molecule has 1 aliphatic heterocycles. The normalized spacial score (nSPS) is 20.0. The van der Waals surface area contributed by atoms with Gasteiger partial charge >= 0.3 is 5.92 Å². The number of hydrogen-bond donors (Lipinski definition) is 1. The second kappa shape index (κ2) is 8.26. The quantitative estimate of drug-likeness (QED) is 0.429. The van der Waals surface area contributed by atoms with Gasteiger partial charge in [0.25, 0.3) is 0 Å². The Kier molecular flexibility index (Phi) is 5.59. The van der Waals surface area contributed by atoms with Crippen molar-refractivity contribution < 1.29 is 22.7 Å². The van der Waals surface area contributed by atoms with Crippen LogP contribution in [-0.4, -0.2) is 35.9 Å². The highest BCUT2D eigenvalue weighted by Crippen LogP contribution is 2.50. The largest absolute Gasteiger partial charge is 0.377 e. The Morgan fingerprint density at radius 2 is 2.03 bits per heavy atom. The first-order valence-electron chi connectivity index (χ1n) is 9.79. The van der Waals surface area contributed by atoms with E-state index in [0.29, 0.717) is 0 Å².